The molecule has 0 aliphatic heterocycles. The third kappa shape index (κ3) is 3.95. The molecule has 0 heterocycles. The van der Waals surface area contributed by atoms with Crippen LogP contribution in [0.15, 0.2) is 84.9 Å². The maximum Gasteiger partial charge on any atom is 0.0451 e. The summed E-state index contributed by atoms with van der Waals surface area (Å²) in [5.74, 6) is 0. The van der Waals surface area contributed by atoms with Gasteiger partial charge in [0.1, 0.15) is 0 Å². The van der Waals surface area contributed by atoms with Gasteiger partial charge in [0.05, 0.1) is 0 Å². The molecule has 184 valence electrons. The van der Waals surface area contributed by atoms with Gasteiger partial charge in [-0.2, -0.15) is 0 Å². The van der Waals surface area contributed by atoms with E-state index in [9.17, 15) is 0 Å². The van der Waals surface area contributed by atoms with Crippen LogP contribution in [0.25, 0.3) is 22.3 Å². The summed E-state index contributed by atoms with van der Waals surface area (Å²) in [5.41, 5.74) is 13.6. The lowest BCUT2D eigenvalue weighted by molar-refractivity contribution is 0.556. The summed E-state index contributed by atoms with van der Waals surface area (Å²) in [5, 5.41) is 0. The van der Waals surface area contributed by atoms with Gasteiger partial charge in [-0.25, -0.2) is 0 Å². The summed E-state index contributed by atoms with van der Waals surface area (Å²) in [6, 6.07) is 31.7. The first-order valence-electron chi connectivity index (χ1n) is 13.4. The van der Waals surface area contributed by atoms with Gasteiger partial charge >= 0.3 is 0 Å². The third-order valence-electron chi connectivity index (χ3n) is 7.88. The quantitative estimate of drug-likeness (QED) is 0.279. The first-order chi connectivity index (χ1) is 17.2. The zero-order chi connectivity index (χ0) is 25.7. The number of benzene rings is 4. The number of rotatable bonds is 5. The topological polar surface area (TPSA) is 3.24 Å². The first kappa shape index (κ1) is 24.4. The van der Waals surface area contributed by atoms with Crippen molar-refractivity contribution >= 4 is 11.4 Å². The predicted molar refractivity (Wildman–Crippen MR) is 157 cm³/mol. The molecule has 0 bridgehead atoms. The van der Waals surface area contributed by atoms with Crippen LogP contribution in [0.2, 0.25) is 0 Å². The number of fused-ring (bicyclic) bond motifs is 3. The van der Waals surface area contributed by atoms with E-state index >= 15 is 0 Å². The van der Waals surface area contributed by atoms with E-state index in [0.717, 1.165) is 12.8 Å². The SMILES string of the molecule is CCc1cc(-c2ccccc2)ccc1N(c1cc2c(cc1CC)-c1ccccc1C2(C)C)C(C)(C)C. The number of hydrogen-bond acceptors (Lipinski definition) is 1. The van der Waals surface area contributed by atoms with Crippen molar-refractivity contribution in [3.05, 3.63) is 107 Å². The fraction of sp³-hybridized carbons (Fsp3) is 0.314. The van der Waals surface area contributed by atoms with Gasteiger partial charge in [0.15, 0.2) is 0 Å². The lowest BCUT2D eigenvalue weighted by Crippen LogP contribution is -2.39. The van der Waals surface area contributed by atoms with Gasteiger partial charge in [0, 0.05) is 22.3 Å². The summed E-state index contributed by atoms with van der Waals surface area (Å²) in [7, 11) is 0. The predicted octanol–water partition coefficient (Wildman–Crippen LogP) is 9.72. The van der Waals surface area contributed by atoms with Crippen LogP contribution in [0.3, 0.4) is 0 Å². The second-order valence-electron chi connectivity index (χ2n) is 11.6. The molecule has 1 heteroatoms. The van der Waals surface area contributed by atoms with Gasteiger partial charge in [0.25, 0.3) is 0 Å². The fourth-order valence-corrected chi connectivity index (χ4v) is 6.02. The highest BCUT2D eigenvalue weighted by atomic mass is 15.2. The van der Waals surface area contributed by atoms with E-state index < -0.39 is 0 Å². The van der Waals surface area contributed by atoms with Crippen molar-refractivity contribution in [3.63, 3.8) is 0 Å². The average molecular weight is 474 g/mol. The monoisotopic (exact) mass is 473 g/mol. The fourth-order valence-electron chi connectivity index (χ4n) is 6.02. The summed E-state index contributed by atoms with van der Waals surface area (Å²) < 4.78 is 0. The smallest absolute Gasteiger partial charge is 0.0451 e. The Morgan fingerprint density at radius 1 is 0.611 bits per heavy atom. The maximum absolute atomic E-state index is 2.60. The number of nitrogens with zero attached hydrogens (tertiary/aromatic N) is 1. The van der Waals surface area contributed by atoms with E-state index in [1.807, 2.05) is 0 Å². The van der Waals surface area contributed by atoms with Gasteiger partial charge in [-0.3, -0.25) is 0 Å². The molecule has 0 spiro atoms. The van der Waals surface area contributed by atoms with Crippen molar-refractivity contribution in [2.24, 2.45) is 0 Å². The Bertz CT molecular complexity index is 1400. The van der Waals surface area contributed by atoms with Crippen molar-refractivity contribution in [1.82, 2.24) is 0 Å². The molecule has 1 aliphatic carbocycles. The van der Waals surface area contributed by atoms with Crippen molar-refractivity contribution in [3.8, 4) is 22.3 Å². The second-order valence-corrected chi connectivity index (χ2v) is 11.6. The van der Waals surface area contributed by atoms with E-state index in [2.05, 4.69) is 138 Å². The highest BCUT2D eigenvalue weighted by Gasteiger charge is 2.37. The van der Waals surface area contributed by atoms with E-state index in [4.69, 9.17) is 0 Å². The molecule has 0 N–H and O–H groups in total. The van der Waals surface area contributed by atoms with Crippen LogP contribution in [0.5, 0.6) is 0 Å². The number of aryl methyl sites for hydroxylation is 2. The molecule has 0 radical (unpaired) electrons. The van der Waals surface area contributed by atoms with E-state index in [1.165, 1.54) is 55.9 Å². The van der Waals surface area contributed by atoms with Crippen molar-refractivity contribution in [2.75, 3.05) is 4.90 Å². The lowest BCUT2D eigenvalue weighted by atomic mass is 9.81. The second kappa shape index (κ2) is 8.96. The average Bonchev–Trinajstić information content (AvgIpc) is 3.10. The van der Waals surface area contributed by atoms with Crippen LogP contribution < -0.4 is 4.90 Å². The highest BCUT2D eigenvalue weighted by Crippen LogP contribution is 2.52. The van der Waals surface area contributed by atoms with E-state index in [-0.39, 0.29) is 11.0 Å². The van der Waals surface area contributed by atoms with Crippen LogP contribution >= 0.6 is 0 Å². The Labute approximate surface area is 217 Å². The summed E-state index contributed by atoms with van der Waals surface area (Å²) >= 11 is 0. The zero-order valence-electron chi connectivity index (χ0n) is 22.9. The van der Waals surface area contributed by atoms with Gasteiger partial charge < -0.3 is 4.90 Å². The third-order valence-corrected chi connectivity index (χ3v) is 7.88. The van der Waals surface area contributed by atoms with Crippen molar-refractivity contribution < 1.29 is 0 Å². The molecule has 0 unspecified atom stereocenters. The lowest BCUT2D eigenvalue weighted by Gasteiger charge is -2.41. The number of anilines is 2. The Morgan fingerprint density at radius 3 is 1.92 bits per heavy atom. The van der Waals surface area contributed by atoms with Crippen LogP contribution in [-0.2, 0) is 18.3 Å². The molecule has 0 aromatic heterocycles. The molecule has 0 amide bonds. The molecular weight excluding hydrogens is 434 g/mol. The van der Waals surface area contributed by atoms with Crippen LogP contribution in [0.4, 0.5) is 11.4 Å². The largest absolute Gasteiger partial charge is 0.336 e. The maximum atomic E-state index is 2.60. The summed E-state index contributed by atoms with van der Waals surface area (Å²) in [6.07, 6.45) is 1.99. The molecule has 4 aromatic carbocycles. The molecule has 36 heavy (non-hydrogen) atoms. The van der Waals surface area contributed by atoms with Crippen LogP contribution in [0.1, 0.15) is 70.7 Å². The first-order valence-corrected chi connectivity index (χ1v) is 13.4. The zero-order valence-corrected chi connectivity index (χ0v) is 22.9. The van der Waals surface area contributed by atoms with Crippen LogP contribution in [0, 0.1) is 0 Å². The molecule has 0 fully saturated rings. The molecule has 0 saturated carbocycles. The minimum atomic E-state index is -0.0774. The van der Waals surface area contributed by atoms with Crippen molar-refractivity contribution in [1.29, 1.82) is 0 Å². The summed E-state index contributed by atoms with van der Waals surface area (Å²) in [4.78, 5) is 2.60. The van der Waals surface area contributed by atoms with E-state index in [0.29, 0.717) is 0 Å². The Hall–Kier alpha value is -3.32. The molecular formula is C35H39N. The number of hydrogen-bond donors (Lipinski definition) is 0. The molecule has 5 rings (SSSR count). The van der Waals surface area contributed by atoms with Gasteiger partial charge in [0.2, 0.25) is 0 Å². The minimum Gasteiger partial charge on any atom is -0.336 e. The molecule has 0 atom stereocenters. The summed E-state index contributed by atoms with van der Waals surface area (Å²) in [6.45, 7) is 16.3. The molecule has 1 aliphatic rings. The Morgan fingerprint density at radius 2 is 1.25 bits per heavy atom. The normalized spacial score (nSPS) is 13.9. The van der Waals surface area contributed by atoms with Crippen molar-refractivity contribution in [2.45, 2.75) is 72.3 Å². The minimum absolute atomic E-state index is 0.0126. The standard InChI is InChI=1S/C35H39N/c1-8-24-21-27(26-15-11-10-12-16-26)19-20-32(24)36(34(3,4)5)33-23-31-29(22-25(33)9-2)28-17-13-14-18-30(28)35(31,6)7/h10-23H,8-9H2,1-7H3. The van der Waals surface area contributed by atoms with Gasteiger partial charge in [-0.05, 0) is 102 Å². The molecule has 0 saturated heterocycles. The molecule has 4 aromatic rings. The Balaban J connectivity index is 1.71. The van der Waals surface area contributed by atoms with E-state index in [1.54, 1.807) is 0 Å². The Kier molecular flexibility index (Phi) is 6.07. The van der Waals surface area contributed by atoms with Crippen LogP contribution in [-0.4, -0.2) is 5.54 Å². The molecule has 1 nitrogen and oxygen atoms in total. The van der Waals surface area contributed by atoms with Gasteiger partial charge in [-0.15, -0.1) is 0 Å². The highest BCUT2D eigenvalue weighted by molar-refractivity contribution is 5.85. The van der Waals surface area contributed by atoms with Gasteiger partial charge in [-0.1, -0.05) is 88.4 Å².